The summed E-state index contributed by atoms with van der Waals surface area (Å²) in [5.74, 6) is 0.636. The third-order valence-corrected chi connectivity index (χ3v) is 5.11. The summed E-state index contributed by atoms with van der Waals surface area (Å²) in [6.07, 6.45) is 4.88. The van der Waals surface area contributed by atoms with Crippen LogP contribution in [-0.2, 0) is 6.42 Å². The fourth-order valence-corrected chi connectivity index (χ4v) is 3.54. The molecule has 6 heteroatoms. The Bertz CT molecular complexity index is 803. The summed E-state index contributed by atoms with van der Waals surface area (Å²) in [5, 5.41) is 6.87. The second-order valence-electron chi connectivity index (χ2n) is 7.44. The van der Waals surface area contributed by atoms with E-state index >= 15 is 0 Å². The van der Waals surface area contributed by atoms with Crippen LogP contribution in [0.15, 0.2) is 41.5 Å². The first-order chi connectivity index (χ1) is 13.5. The molecular formula is C22H30FN5. The summed E-state index contributed by atoms with van der Waals surface area (Å²) in [6.45, 7) is 6.42. The van der Waals surface area contributed by atoms with E-state index in [4.69, 9.17) is 0 Å². The van der Waals surface area contributed by atoms with Gasteiger partial charge in [-0.1, -0.05) is 12.1 Å². The second kappa shape index (κ2) is 9.53. The minimum atomic E-state index is -0.152. The molecule has 28 heavy (non-hydrogen) atoms. The van der Waals surface area contributed by atoms with E-state index in [-0.39, 0.29) is 11.9 Å². The standard InChI is InChI=1S/C22H30FN5/c1-16-6-9-20(23)21(13-16)28-12-4-5-19(15-28)27-22(24-3)25-11-10-18-8-7-17(2)26-14-18/h6-9,13-14,19H,4-5,10-12,15H2,1-3H3,(H2,24,25,27). The van der Waals surface area contributed by atoms with Gasteiger partial charge >= 0.3 is 0 Å². The Labute approximate surface area is 167 Å². The van der Waals surface area contributed by atoms with E-state index in [1.807, 2.05) is 38.2 Å². The van der Waals surface area contributed by atoms with Gasteiger partial charge in [-0.05, 0) is 62.4 Å². The van der Waals surface area contributed by atoms with Crippen molar-refractivity contribution in [2.75, 3.05) is 31.6 Å². The van der Waals surface area contributed by atoms with Crippen LogP contribution in [0, 0.1) is 19.7 Å². The molecule has 1 aromatic heterocycles. The molecule has 1 aliphatic rings. The number of pyridine rings is 1. The highest BCUT2D eigenvalue weighted by Gasteiger charge is 2.22. The summed E-state index contributed by atoms with van der Waals surface area (Å²) in [5.41, 5.74) is 4.00. The lowest BCUT2D eigenvalue weighted by molar-refractivity contribution is 0.463. The average Bonchev–Trinajstić information content (AvgIpc) is 2.70. The first-order valence-electron chi connectivity index (χ1n) is 9.95. The fourth-order valence-electron chi connectivity index (χ4n) is 3.54. The first kappa shape index (κ1) is 20.1. The van der Waals surface area contributed by atoms with Gasteiger partial charge in [-0.3, -0.25) is 9.98 Å². The Morgan fingerprint density at radius 2 is 2.14 bits per heavy atom. The van der Waals surface area contributed by atoms with E-state index in [0.29, 0.717) is 5.69 Å². The Balaban J connectivity index is 1.52. The number of aromatic nitrogens is 1. The largest absolute Gasteiger partial charge is 0.367 e. The lowest BCUT2D eigenvalue weighted by atomic mass is 10.0. The third kappa shape index (κ3) is 5.44. The van der Waals surface area contributed by atoms with Gasteiger partial charge in [0.15, 0.2) is 5.96 Å². The molecule has 0 bridgehead atoms. The molecule has 1 atom stereocenters. The fraction of sp³-hybridized carbons (Fsp3) is 0.455. The van der Waals surface area contributed by atoms with Crippen LogP contribution in [0.5, 0.6) is 0 Å². The van der Waals surface area contributed by atoms with Crippen molar-refractivity contribution in [1.82, 2.24) is 15.6 Å². The van der Waals surface area contributed by atoms with Gasteiger partial charge < -0.3 is 15.5 Å². The van der Waals surface area contributed by atoms with E-state index < -0.39 is 0 Å². The molecule has 0 radical (unpaired) electrons. The lowest BCUT2D eigenvalue weighted by Crippen LogP contribution is -2.51. The number of aliphatic imine (C=N–C) groups is 1. The number of hydrogen-bond donors (Lipinski definition) is 2. The molecule has 1 aliphatic heterocycles. The molecular weight excluding hydrogens is 353 g/mol. The highest BCUT2D eigenvalue weighted by atomic mass is 19.1. The monoisotopic (exact) mass is 383 g/mol. The SMILES string of the molecule is CN=C(NCCc1ccc(C)nc1)NC1CCCN(c2cc(C)ccc2F)C1. The van der Waals surface area contributed by atoms with Gasteiger partial charge in [0, 0.05) is 44.6 Å². The number of rotatable bonds is 5. The van der Waals surface area contributed by atoms with Crippen molar-refractivity contribution < 1.29 is 4.39 Å². The Hall–Kier alpha value is -2.63. The van der Waals surface area contributed by atoms with E-state index in [1.54, 1.807) is 13.1 Å². The molecule has 2 aromatic rings. The van der Waals surface area contributed by atoms with Gasteiger partial charge in [0.2, 0.25) is 0 Å². The highest BCUT2D eigenvalue weighted by molar-refractivity contribution is 5.80. The normalized spacial score (nSPS) is 17.5. The summed E-state index contributed by atoms with van der Waals surface area (Å²) in [6, 6.07) is 9.68. The Kier molecular flexibility index (Phi) is 6.85. The maximum Gasteiger partial charge on any atom is 0.191 e. The van der Waals surface area contributed by atoms with Gasteiger partial charge in [-0.25, -0.2) is 4.39 Å². The van der Waals surface area contributed by atoms with Crippen LogP contribution in [-0.4, -0.2) is 43.7 Å². The molecule has 0 amide bonds. The minimum absolute atomic E-state index is 0.152. The molecule has 3 rings (SSSR count). The molecule has 1 unspecified atom stereocenters. The van der Waals surface area contributed by atoms with Gasteiger partial charge in [-0.2, -0.15) is 0 Å². The van der Waals surface area contributed by atoms with E-state index in [0.717, 1.165) is 56.1 Å². The number of nitrogens with zero attached hydrogens (tertiary/aromatic N) is 3. The summed E-state index contributed by atoms with van der Waals surface area (Å²) in [4.78, 5) is 10.8. The van der Waals surface area contributed by atoms with Crippen LogP contribution >= 0.6 is 0 Å². The third-order valence-electron chi connectivity index (χ3n) is 5.11. The number of aryl methyl sites for hydroxylation is 2. The Morgan fingerprint density at radius 3 is 2.89 bits per heavy atom. The zero-order valence-electron chi connectivity index (χ0n) is 17.0. The number of guanidine groups is 1. The van der Waals surface area contributed by atoms with Crippen LogP contribution in [0.4, 0.5) is 10.1 Å². The highest BCUT2D eigenvalue weighted by Crippen LogP contribution is 2.24. The van der Waals surface area contributed by atoms with Crippen molar-refractivity contribution in [3.8, 4) is 0 Å². The van der Waals surface area contributed by atoms with Crippen LogP contribution in [0.1, 0.15) is 29.7 Å². The molecule has 5 nitrogen and oxygen atoms in total. The maximum atomic E-state index is 14.3. The molecule has 0 saturated carbocycles. The van der Waals surface area contributed by atoms with Crippen molar-refractivity contribution >= 4 is 11.6 Å². The predicted molar refractivity (Wildman–Crippen MR) is 114 cm³/mol. The van der Waals surface area contributed by atoms with E-state index in [2.05, 4.69) is 31.6 Å². The van der Waals surface area contributed by atoms with Crippen molar-refractivity contribution in [2.45, 2.75) is 39.2 Å². The molecule has 1 saturated heterocycles. The van der Waals surface area contributed by atoms with Crippen molar-refractivity contribution in [3.05, 3.63) is 59.2 Å². The van der Waals surface area contributed by atoms with E-state index in [9.17, 15) is 4.39 Å². The second-order valence-corrected chi connectivity index (χ2v) is 7.44. The number of benzene rings is 1. The summed E-state index contributed by atoms with van der Waals surface area (Å²) in [7, 11) is 1.78. The summed E-state index contributed by atoms with van der Waals surface area (Å²) >= 11 is 0. The molecule has 150 valence electrons. The van der Waals surface area contributed by atoms with Crippen LogP contribution in [0.2, 0.25) is 0 Å². The summed E-state index contributed by atoms with van der Waals surface area (Å²) < 4.78 is 14.3. The first-order valence-corrected chi connectivity index (χ1v) is 9.95. The molecule has 1 aromatic carbocycles. The number of hydrogen-bond acceptors (Lipinski definition) is 3. The molecule has 0 aliphatic carbocycles. The molecule has 1 fully saturated rings. The predicted octanol–water partition coefficient (Wildman–Crippen LogP) is 3.21. The average molecular weight is 384 g/mol. The number of piperidine rings is 1. The van der Waals surface area contributed by atoms with Gasteiger partial charge in [0.1, 0.15) is 5.82 Å². The van der Waals surface area contributed by atoms with Gasteiger partial charge in [0.25, 0.3) is 0 Å². The smallest absolute Gasteiger partial charge is 0.191 e. The number of anilines is 1. The van der Waals surface area contributed by atoms with Crippen LogP contribution in [0.25, 0.3) is 0 Å². The minimum Gasteiger partial charge on any atom is -0.367 e. The molecule has 2 heterocycles. The zero-order valence-corrected chi connectivity index (χ0v) is 17.0. The van der Waals surface area contributed by atoms with Crippen molar-refractivity contribution in [3.63, 3.8) is 0 Å². The molecule has 2 N–H and O–H groups in total. The zero-order chi connectivity index (χ0) is 19.9. The molecule has 0 spiro atoms. The van der Waals surface area contributed by atoms with E-state index in [1.165, 1.54) is 5.56 Å². The topological polar surface area (TPSA) is 52.6 Å². The Morgan fingerprint density at radius 1 is 1.29 bits per heavy atom. The number of nitrogens with one attached hydrogen (secondary N) is 2. The lowest BCUT2D eigenvalue weighted by Gasteiger charge is -2.35. The maximum absolute atomic E-state index is 14.3. The van der Waals surface area contributed by atoms with Gasteiger partial charge in [0.05, 0.1) is 5.69 Å². The van der Waals surface area contributed by atoms with Crippen molar-refractivity contribution in [1.29, 1.82) is 0 Å². The van der Waals surface area contributed by atoms with Gasteiger partial charge in [-0.15, -0.1) is 0 Å². The van der Waals surface area contributed by atoms with Crippen molar-refractivity contribution in [2.24, 2.45) is 4.99 Å². The number of halogens is 1. The van der Waals surface area contributed by atoms with Crippen LogP contribution in [0.3, 0.4) is 0 Å². The van der Waals surface area contributed by atoms with Crippen LogP contribution < -0.4 is 15.5 Å². The quantitative estimate of drug-likeness (QED) is 0.615.